The lowest BCUT2D eigenvalue weighted by molar-refractivity contribution is -0.122. The fourth-order valence-corrected chi connectivity index (χ4v) is 1.25. The van der Waals surface area contributed by atoms with Gasteiger partial charge in [0.05, 0.1) is 0 Å². The van der Waals surface area contributed by atoms with Gasteiger partial charge in [-0.3, -0.25) is 4.79 Å². The average molecular weight is 216 g/mol. The highest BCUT2D eigenvalue weighted by Gasteiger charge is 2.14. The Hall–Kier alpha value is -0.610. The third-order valence-electron chi connectivity index (χ3n) is 2.20. The van der Waals surface area contributed by atoms with Crippen LogP contribution in [0.5, 0.6) is 0 Å². The van der Waals surface area contributed by atoms with Crippen molar-refractivity contribution in [2.45, 2.75) is 58.0 Å². The van der Waals surface area contributed by atoms with Crippen LogP contribution in [0.1, 0.15) is 46.5 Å². The molecule has 0 aliphatic rings. The third-order valence-corrected chi connectivity index (χ3v) is 2.20. The number of hydrogen-bond donors (Lipinski definition) is 3. The topological polar surface area (TPSA) is 75.3 Å². The lowest BCUT2D eigenvalue weighted by Crippen LogP contribution is -2.37. The largest absolute Gasteiger partial charge is 0.396 e. The first kappa shape index (κ1) is 14.4. The molecule has 4 N–H and O–H groups in total. The summed E-state index contributed by atoms with van der Waals surface area (Å²) in [5.41, 5.74) is 5.50. The molecule has 4 heteroatoms. The Morgan fingerprint density at radius 2 is 2.13 bits per heavy atom. The Balaban J connectivity index is 3.64. The SMILES string of the molecule is CC(CCCO)NC(=O)CCC(C)(C)N. The van der Waals surface area contributed by atoms with Gasteiger partial charge in [0.15, 0.2) is 0 Å². The Bertz CT molecular complexity index is 188. The van der Waals surface area contributed by atoms with Crippen molar-refractivity contribution in [2.75, 3.05) is 6.61 Å². The van der Waals surface area contributed by atoms with Crippen LogP contribution < -0.4 is 11.1 Å². The van der Waals surface area contributed by atoms with Crippen molar-refractivity contribution in [3.63, 3.8) is 0 Å². The molecule has 0 spiro atoms. The number of hydrogen-bond acceptors (Lipinski definition) is 3. The highest BCUT2D eigenvalue weighted by molar-refractivity contribution is 5.76. The van der Waals surface area contributed by atoms with Gasteiger partial charge in [-0.25, -0.2) is 0 Å². The molecule has 0 saturated carbocycles. The van der Waals surface area contributed by atoms with Crippen LogP contribution in [0.4, 0.5) is 0 Å². The lowest BCUT2D eigenvalue weighted by Gasteiger charge is -2.19. The van der Waals surface area contributed by atoms with E-state index in [-0.39, 0.29) is 24.1 Å². The van der Waals surface area contributed by atoms with Gasteiger partial charge in [-0.05, 0) is 40.0 Å². The van der Waals surface area contributed by atoms with Crippen molar-refractivity contribution in [3.8, 4) is 0 Å². The van der Waals surface area contributed by atoms with Crippen LogP contribution in [-0.4, -0.2) is 29.2 Å². The molecule has 1 atom stereocenters. The number of nitrogens with one attached hydrogen (secondary N) is 1. The van der Waals surface area contributed by atoms with Crippen molar-refractivity contribution in [3.05, 3.63) is 0 Å². The van der Waals surface area contributed by atoms with E-state index in [9.17, 15) is 4.79 Å². The molecule has 0 aliphatic heterocycles. The van der Waals surface area contributed by atoms with Crippen molar-refractivity contribution in [2.24, 2.45) is 5.73 Å². The molecule has 15 heavy (non-hydrogen) atoms. The van der Waals surface area contributed by atoms with Crippen molar-refractivity contribution in [1.82, 2.24) is 5.32 Å². The minimum Gasteiger partial charge on any atom is -0.396 e. The number of rotatable bonds is 7. The zero-order chi connectivity index (χ0) is 11.9. The molecule has 0 heterocycles. The molecule has 0 radical (unpaired) electrons. The predicted octanol–water partition coefficient (Wildman–Crippen LogP) is 0.781. The van der Waals surface area contributed by atoms with E-state index in [2.05, 4.69) is 5.32 Å². The maximum atomic E-state index is 11.4. The zero-order valence-corrected chi connectivity index (χ0v) is 10.0. The molecule has 90 valence electrons. The van der Waals surface area contributed by atoms with Gasteiger partial charge in [0.1, 0.15) is 0 Å². The first-order valence-corrected chi connectivity index (χ1v) is 5.54. The number of carbonyl (C=O) groups is 1. The summed E-state index contributed by atoms with van der Waals surface area (Å²) in [5, 5.41) is 11.5. The maximum Gasteiger partial charge on any atom is 0.220 e. The summed E-state index contributed by atoms with van der Waals surface area (Å²) in [5.74, 6) is 0.0407. The zero-order valence-electron chi connectivity index (χ0n) is 10.0. The summed E-state index contributed by atoms with van der Waals surface area (Å²) in [4.78, 5) is 11.4. The molecule has 1 amide bonds. The van der Waals surface area contributed by atoms with Gasteiger partial charge >= 0.3 is 0 Å². The van der Waals surface area contributed by atoms with Gasteiger partial charge in [0.2, 0.25) is 5.91 Å². The second-order valence-corrected chi connectivity index (χ2v) is 4.82. The predicted molar refractivity (Wildman–Crippen MR) is 61.4 cm³/mol. The Morgan fingerprint density at radius 1 is 1.53 bits per heavy atom. The van der Waals surface area contributed by atoms with Gasteiger partial charge in [0.25, 0.3) is 0 Å². The molecule has 0 bridgehead atoms. The van der Waals surface area contributed by atoms with E-state index in [1.807, 2.05) is 20.8 Å². The molecule has 0 aliphatic carbocycles. The van der Waals surface area contributed by atoms with Gasteiger partial charge in [-0.15, -0.1) is 0 Å². The molecular weight excluding hydrogens is 192 g/mol. The second kappa shape index (κ2) is 6.80. The molecular formula is C11H24N2O2. The van der Waals surface area contributed by atoms with Crippen molar-refractivity contribution < 1.29 is 9.90 Å². The summed E-state index contributed by atoms with van der Waals surface area (Å²) < 4.78 is 0. The summed E-state index contributed by atoms with van der Waals surface area (Å²) >= 11 is 0. The number of aliphatic hydroxyl groups excluding tert-OH is 1. The summed E-state index contributed by atoms with van der Waals surface area (Å²) in [6, 6.07) is 0.130. The molecule has 0 aromatic carbocycles. The van der Waals surface area contributed by atoms with Gasteiger partial charge < -0.3 is 16.2 Å². The van der Waals surface area contributed by atoms with Crippen LogP contribution in [0.3, 0.4) is 0 Å². The van der Waals surface area contributed by atoms with E-state index in [4.69, 9.17) is 10.8 Å². The lowest BCUT2D eigenvalue weighted by atomic mass is 10.00. The maximum absolute atomic E-state index is 11.4. The van der Waals surface area contributed by atoms with Crippen LogP contribution in [0.15, 0.2) is 0 Å². The van der Waals surface area contributed by atoms with Crippen LogP contribution in [0.25, 0.3) is 0 Å². The highest BCUT2D eigenvalue weighted by Crippen LogP contribution is 2.07. The molecule has 1 unspecified atom stereocenters. The van der Waals surface area contributed by atoms with Crippen LogP contribution in [0.2, 0.25) is 0 Å². The number of nitrogens with two attached hydrogens (primary N) is 1. The second-order valence-electron chi connectivity index (χ2n) is 4.82. The standard InChI is InChI=1S/C11H24N2O2/c1-9(5-4-8-14)13-10(15)6-7-11(2,3)12/h9,14H,4-8,12H2,1-3H3,(H,13,15). The average Bonchev–Trinajstić information content (AvgIpc) is 2.10. The van der Waals surface area contributed by atoms with E-state index in [1.165, 1.54) is 0 Å². The van der Waals surface area contributed by atoms with Crippen LogP contribution in [0, 0.1) is 0 Å². The molecule has 0 fully saturated rings. The van der Waals surface area contributed by atoms with E-state index >= 15 is 0 Å². The smallest absolute Gasteiger partial charge is 0.220 e. The van der Waals surface area contributed by atoms with E-state index in [0.29, 0.717) is 12.8 Å². The van der Waals surface area contributed by atoms with E-state index in [0.717, 1.165) is 12.8 Å². The third kappa shape index (κ3) is 9.69. The minimum absolute atomic E-state index is 0.0407. The first-order chi connectivity index (χ1) is 6.85. The molecule has 0 saturated heterocycles. The monoisotopic (exact) mass is 216 g/mol. The normalized spacial score (nSPS) is 13.7. The Labute approximate surface area is 92.2 Å². The van der Waals surface area contributed by atoms with E-state index < -0.39 is 0 Å². The van der Waals surface area contributed by atoms with Crippen LogP contribution in [-0.2, 0) is 4.79 Å². The van der Waals surface area contributed by atoms with Gasteiger partial charge in [-0.1, -0.05) is 0 Å². The molecule has 4 nitrogen and oxygen atoms in total. The number of amides is 1. The number of carbonyl (C=O) groups excluding carboxylic acids is 1. The molecule has 0 rings (SSSR count). The van der Waals surface area contributed by atoms with Gasteiger partial charge in [-0.2, -0.15) is 0 Å². The quantitative estimate of drug-likeness (QED) is 0.588. The van der Waals surface area contributed by atoms with E-state index in [1.54, 1.807) is 0 Å². The number of aliphatic hydroxyl groups is 1. The Morgan fingerprint density at radius 3 is 2.60 bits per heavy atom. The Kier molecular flexibility index (Phi) is 6.52. The minimum atomic E-state index is -0.286. The molecule has 0 aromatic rings. The fraction of sp³-hybridized carbons (Fsp3) is 0.909. The highest BCUT2D eigenvalue weighted by atomic mass is 16.2. The molecule has 0 aromatic heterocycles. The summed E-state index contributed by atoms with van der Waals surface area (Å²) in [6.07, 6.45) is 2.69. The van der Waals surface area contributed by atoms with Gasteiger partial charge in [0, 0.05) is 24.6 Å². The van der Waals surface area contributed by atoms with Crippen LogP contribution >= 0.6 is 0 Å². The first-order valence-electron chi connectivity index (χ1n) is 5.54. The summed E-state index contributed by atoms with van der Waals surface area (Å²) in [7, 11) is 0. The summed E-state index contributed by atoms with van der Waals surface area (Å²) in [6.45, 7) is 5.95. The van der Waals surface area contributed by atoms with Crippen molar-refractivity contribution in [1.29, 1.82) is 0 Å². The van der Waals surface area contributed by atoms with Crippen molar-refractivity contribution >= 4 is 5.91 Å². The fourth-order valence-electron chi connectivity index (χ4n) is 1.25.